The molecule has 0 aromatic rings. The van der Waals surface area contributed by atoms with Gasteiger partial charge in [0.2, 0.25) is 0 Å². The number of unbranched alkanes of at least 4 members (excludes halogenated alkanes) is 4. The molecule has 0 bridgehead atoms. The summed E-state index contributed by atoms with van der Waals surface area (Å²) in [6.45, 7) is 75.7. The lowest BCUT2D eigenvalue weighted by molar-refractivity contribution is 0.115. The second-order valence-electron chi connectivity index (χ2n) is 37.3. The standard InChI is InChI=1S/C58H148N30.C24H61N11.C14H33N3/c59-1-17-75(18-2-60)33-41-83(42-34-76(19-3-61)20-4-62)49-53-87(54-50-84(43-35-77(21-5-63)22-6-64)44-36-78(23-7-65)24-8-66)57-58-88(55-51-85(45-37-79(25-9-67)26-10-68)46-38-80(27-11-69)28-12-70)56-52-86(47-39-81(29-13-71)30-14-72)48-40-82(31-15-73)32-16-74;1-3-8-30-11-17-33(15-7-28)20-22-35(18-12-31-9-4-25)24-23-34(16-10-29-2)21-19-32(13-5-26)14-6-27;1-3-10-16-12-8-5-9-14-17-13-7-4-6-11-15-2/h1-74H2;29-31H,3-28H2,1-2H3;15-17H,3-14H2,1-2H3. The van der Waals surface area contributed by atoms with Gasteiger partial charge in [0, 0.05) is 510 Å². The molecule has 0 saturated heterocycles. The third-order valence-corrected chi connectivity index (χ3v) is 25.7. The van der Waals surface area contributed by atoms with Gasteiger partial charge in [-0.1, -0.05) is 26.7 Å². The average molecular weight is 2010 g/mol. The predicted octanol–water partition coefficient (Wildman–Crippen LogP) is -12.5. The molecule has 0 atom stereocenters. The zero-order chi connectivity index (χ0) is 104. The first-order valence-electron chi connectivity index (χ1n) is 55.7. The first-order chi connectivity index (χ1) is 68.5. The summed E-state index contributed by atoms with van der Waals surface area (Å²) in [5.41, 5.74) is 121. The fourth-order valence-electron chi connectivity index (χ4n) is 17.1. The molecule has 140 heavy (non-hydrogen) atoms. The van der Waals surface area contributed by atoms with E-state index in [2.05, 4.69) is 134 Å². The lowest BCUT2D eigenvalue weighted by Gasteiger charge is -2.36. The molecule has 0 rings (SSSR count). The number of nitrogens with one attached hydrogen (secondary N) is 6. The molecule has 0 amide bonds. The van der Waals surface area contributed by atoms with E-state index < -0.39 is 0 Å². The number of likely N-dealkylation sites (N-methyl/N-ethyl adjacent to an activating group) is 1. The van der Waals surface area contributed by atoms with Gasteiger partial charge in [-0.2, -0.15) is 0 Å². The van der Waals surface area contributed by atoms with Crippen LogP contribution >= 0.6 is 0 Å². The van der Waals surface area contributed by atoms with E-state index in [0.29, 0.717) is 131 Å². The molecule has 0 saturated carbocycles. The topological polar surface area (TPSA) is 651 Å². The highest BCUT2D eigenvalue weighted by Gasteiger charge is 2.23. The third kappa shape index (κ3) is 91.3. The van der Waals surface area contributed by atoms with Crippen LogP contribution in [0, 0.1) is 0 Å². The van der Waals surface area contributed by atoms with Gasteiger partial charge in [0.15, 0.2) is 0 Å². The van der Waals surface area contributed by atoms with E-state index in [9.17, 15) is 0 Å². The van der Waals surface area contributed by atoms with Gasteiger partial charge in [0.1, 0.15) is 0 Å². The summed E-state index contributed by atoms with van der Waals surface area (Å²) in [6.07, 6.45) is 10.4. The first-order valence-corrected chi connectivity index (χ1v) is 55.7. The lowest BCUT2D eigenvalue weighted by Crippen LogP contribution is -2.50. The Bertz CT molecular complexity index is 1990. The number of rotatable bonds is 113. The molecule has 0 unspecified atom stereocenters. The van der Waals surface area contributed by atoms with Crippen LogP contribution in [-0.4, -0.2) is 652 Å². The molecule has 0 aromatic carbocycles. The molecule has 846 valence electrons. The van der Waals surface area contributed by atoms with Crippen LogP contribution in [0.2, 0.25) is 0 Å². The molecule has 0 fully saturated rings. The van der Waals surface area contributed by atoms with Crippen LogP contribution in [0.15, 0.2) is 0 Å². The molecule has 44 heteroatoms. The lowest BCUT2D eigenvalue weighted by atomic mass is 10.2. The second-order valence-corrected chi connectivity index (χ2v) is 37.3. The normalized spacial score (nSPS) is 12.4. The van der Waals surface area contributed by atoms with Gasteiger partial charge in [-0.05, 0) is 91.9 Å². The summed E-state index contributed by atoms with van der Waals surface area (Å²) in [5.74, 6) is 0. The average Bonchev–Trinajstić information content (AvgIpc) is 0.904. The van der Waals surface area contributed by atoms with Crippen molar-refractivity contribution < 1.29 is 0 Å². The van der Waals surface area contributed by atoms with E-state index in [4.69, 9.17) is 115 Å². The van der Waals surface area contributed by atoms with Gasteiger partial charge in [-0.3, -0.25) is 88.2 Å². The minimum atomic E-state index is 0.591. The second kappa shape index (κ2) is 113. The Hall–Kier alpha value is -1.76. The fraction of sp³-hybridized carbons (Fsp3) is 1.00. The van der Waals surface area contributed by atoms with Gasteiger partial charge < -0.3 is 147 Å². The highest BCUT2D eigenvalue weighted by Crippen LogP contribution is 2.08. The molecule has 0 heterocycles. The van der Waals surface area contributed by atoms with Crippen LogP contribution in [-0.2, 0) is 0 Å². The van der Waals surface area contributed by atoms with Crippen molar-refractivity contribution in [3.8, 4) is 0 Å². The summed E-state index contributed by atoms with van der Waals surface area (Å²) < 4.78 is 0. The molecule has 0 aliphatic rings. The molecule has 46 N–H and O–H groups in total. The van der Waals surface area contributed by atoms with E-state index in [0.717, 1.165) is 393 Å². The van der Waals surface area contributed by atoms with Crippen molar-refractivity contribution in [3.63, 3.8) is 0 Å². The SMILES string of the molecule is CCCNCCCCCNCCCCCNC.CCCNCCN(CCN)CCN(CCNCCN)CCN(CCNC)CCN(CCN)CCN.NCCN(CCN)CCN(CCN(CCN)CCN)CCN(CCN(CCN(CCN)CCN)CCN(CCN)CCN)CCN(CCN(CCN(CCN)CCN)CCN(CCN)CCN)CCN(CCN(CCN)CCN)CCN(CCN)CCN. The molecule has 44 nitrogen and oxygen atoms in total. The van der Waals surface area contributed by atoms with Gasteiger partial charge in [0.05, 0.1) is 0 Å². The van der Waals surface area contributed by atoms with E-state index in [-0.39, 0.29) is 0 Å². The Labute approximate surface area is 859 Å². The van der Waals surface area contributed by atoms with Gasteiger partial charge in [-0.15, -0.1) is 0 Å². The molecule has 0 spiro atoms. The monoisotopic (exact) mass is 2010 g/mol. The number of hydrogen-bond acceptors (Lipinski definition) is 44. The van der Waals surface area contributed by atoms with E-state index in [1.165, 1.54) is 77.5 Å². The van der Waals surface area contributed by atoms with Crippen LogP contribution in [0.4, 0.5) is 0 Å². The fourth-order valence-corrected chi connectivity index (χ4v) is 17.1. The summed E-state index contributed by atoms with van der Waals surface area (Å²) in [5, 5.41) is 20.4. The highest BCUT2D eigenvalue weighted by atomic mass is 15.3. The molecule has 0 aliphatic carbocycles. The van der Waals surface area contributed by atoms with Crippen LogP contribution in [0.3, 0.4) is 0 Å². The largest absolute Gasteiger partial charge is 0.329 e. The van der Waals surface area contributed by atoms with Crippen LogP contribution in [0.25, 0.3) is 0 Å². The molecule has 0 aliphatic heterocycles. The predicted molar refractivity (Wildman–Crippen MR) is 605 cm³/mol. The third-order valence-electron chi connectivity index (χ3n) is 25.7. The minimum Gasteiger partial charge on any atom is -0.329 e. The van der Waals surface area contributed by atoms with Gasteiger partial charge in [0.25, 0.3) is 0 Å². The Kier molecular flexibility index (Phi) is 115. The van der Waals surface area contributed by atoms with Crippen molar-refractivity contribution in [2.45, 2.75) is 65.2 Å². The van der Waals surface area contributed by atoms with Crippen LogP contribution in [0.5, 0.6) is 0 Å². The van der Waals surface area contributed by atoms with E-state index in [1.54, 1.807) is 0 Å². The summed E-state index contributed by atoms with van der Waals surface area (Å²) in [4.78, 5) is 45.1. The Morgan fingerprint density at radius 2 is 0.236 bits per heavy atom. The molecular weight excluding hydrogens is 1770 g/mol. The smallest absolute Gasteiger partial charge is 0.0110 e. The van der Waals surface area contributed by atoms with E-state index >= 15 is 0 Å². The molecular formula is C96H242N44. The maximum absolute atomic E-state index is 6.14. The van der Waals surface area contributed by atoms with Crippen LogP contribution in [0.1, 0.15) is 65.2 Å². The van der Waals surface area contributed by atoms with Crippen molar-refractivity contribution in [2.75, 3.05) is 564 Å². The summed E-state index contributed by atoms with van der Waals surface area (Å²) >= 11 is 0. The maximum atomic E-state index is 6.14. The van der Waals surface area contributed by atoms with Crippen LogP contribution < -0.4 is 147 Å². The first kappa shape index (κ1) is 142. The van der Waals surface area contributed by atoms with Crippen molar-refractivity contribution >= 4 is 0 Å². The van der Waals surface area contributed by atoms with Crippen molar-refractivity contribution in [2.24, 2.45) is 115 Å². The quantitative estimate of drug-likeness (QED) is 0.0251. The van der Waals surface area contributed by atoms with Crippen molar-refractivity contribution in [3.05, 3.63) is 0 Å². The van der Waals surface area contributed by atoms with E-state index in [1.807, 2.05) is 14.1 Å². The number of nitrogens with two attached hydrogens (primary N) is 20. The highest BCUT2D eigenvalue weighted by molar-refractivity contribution is 4.81. The zero-order valence-corrected chi connectivity index (χ0v) is 91.7. The number of hydrogen-bond donors (Lipinski definition) is 26. The summed E-state index contributed by atoms with van der Waals surface area (Å²) in [7, 11) is 4.04. The minimum absolute atomic E-state index is 0.591. The molecule has 0 aromatic heterocycles. The van der Waals surface area contributed by atoms with Gasteiger partial charge in [-0.25, -0.2) is 0 Å². The summed E-state index contributed by atoms with van der Waals surface area (Å²) in [6, 6.07) is 0. The van der Waals surface area contributed by atoms with Crippen molar-refractivity contribution in [1.29, 1.82) is 0 Å². The maximum Gasteiger partial charge on any atom is 0.0110 e. The zero-order valence-electron chi connectivity index (χ0n) is 91.7. The number of nitrogens with zero attached hydrogens (tertiary/aromatic N) is 18. The Morgan fingerprint density at radius 1 is 0.114 bits per heavy atom. The van der Waals surface area contributed by atoms with Crippen molar-refractivity contribution in [1.82, 2.24) is 120 Å². The Morgan fingerprint density at radius 3 is 0.386 bits per heavy atom. The molecule has 0 radical (unpaired) electrons. The Balaban J connectivity index is -0.00000291. The van der Waals surface area contributed by atoms with Gasteiger partial charge >= 0.3 is 0 Å².